The number of halogens is 1. The van der Waals surface area contributed by atoms with Gasteiger partial charge in [-0.25, -0.2) is 4.39 Å². The molecule has 2 bridgehead atoms. The normalized spacial score (nSPS) is 22.9. The van der Waals surface area contributed by atoms with Crippen molar-refractivity contribution in [1.29, 1.82) is 5.26 Å². The molecule has 0 radical (unpaired) electrons. The summed E-state index contributed by atoms with van der Waals surface area (Å²) >= 11 is 0. The summed E-state index contributed by atoms with van der Waals surface area (Å²) in [5.74, 6) is -0.162. The number of nitrogens with zero attached hydrogens (tertiary/aromatic N) is 4. The number of benzene rings is 1. The first kappa shape index (κ1) is 23.4. The van der Waals surface area contributed by atoms with Gasteiger partial charge < -0.3 is 20.0 Å². The van der Waals surface area contributed by atoms with Crippen molar-refractivity contribution in [2.75, 3.05) is 6.54 Å². The smallest absolute Gasteiger partial charge is 0.257 e. The number of nitriles is 1. The second-order valence-corrected chi connectivity index (χ2v) is 10.1. The van der Waals surface area contributed by atoms with Crippen molar-refractivity contribution in [3.05, 3.63) is 65.4 Å². The van der Waals surface area contributed by atoms with Gasteiger partial charge in [0.05, 0.1) is 36.5 Å². The molecule has 9 nitrogen and oxygen atoms in total. The number of rotatable bonds is 6. The fraction of sp³-hybridized carbons (Fsp3) is 0.407. The van der Waals surface area contributed by atoms with Crippen molar-refractivity contribution in [3.8, 4) is 17.4 Å². The van der Waals surface area contributed by atoms with Gasteiger partial charge in [-0.05, 0) is 48.9 Å². The first-order valence-corrected chi connectivity index (χ1v) is 12.6. The van der Waals surface area contributed by atoms with Gasteiger partial charge in [0.25, 0.3) is 5.91 Å². The molecule has 2 fully saturated rings. The quantitative estimate of drug-likeness (QED) is 0.535. The molecule has 3 aliphatic rings. The molecule has 10 heteroatoms. The number of fused-ring (bicyclic) bond motifs is 3. The van der Waals surface area contributed by atoms with Crippen molar-refractivity contribution < 1.29 is 18.4 Å². The fourth-order valence-electron chi connectivity index (χ4n) is 5.77. The molecule has 1 aliphatic carbocycles. The van der Waals surface area contributed by atoms with Crippen LogP contribution in [0.4, 0.5) is 4.39 Å². The molecule has 190 valence electrons. The van der Waals surface area contributed by atoms with Crippen LogP contribution in [0.15, 0.2) is 47.2 Å². The zero-order chi connectivity index (χ0) is 25.5. The van der Waals surface area contributed by atoms with Crippen LogP contribution >= 0.6 is 0 Å². The number of hydrogen-bond donors (Lipinski definition) is 2. The Bertz CT molecular complexity index is 1390. The van der Waals surface area contributed by atoms with E-state index in [0.29, 0.717) is 54.0 Å². The summed E-state index contributed by atoms with van der Waals surface area (Å²) < 4.78 is 22.5. The predicted octanol–water partition coefficient (Wildman–Crippen LogP) is 2.63. The zero-order valence-electron chi connectivity index (χ0n) is 20.2. The Labute approximate surface area is 213 Å². The molecule has 2 N–H and O–H groups in total. The summed E-state index contributed by atoms with van der Waals surface area (Å²) in [4.78, 5) is 27.4. The highest BCUT2D eigenvalue weighted by Gasteiger charge is 2.43. The van der Waals surface area contributed by atoms with Crippen molar-refractivity contribution in [1.82, 2.24) is 25.3 Å². The van der Waals surface area contributed by atoms with E-state index in [4.69, 9.17) is 4.42 Å². The van der Waals surface area contributed by atoms with E-state index in [0.717, 1.165) is 25.0 Å². The lowest BCUT2D eigenvalue weighted by Gasteiger charge is -2.27. The average molecular weight is 503 g/mol. The molecule has 1 saturated carbocycles. The lowest BCUT2D eigenvalue weighted by Crippen LogP contribution is -2.50. The maximum Gasteiger partial charge on any atom is 0.257 e. The maximum atomic E-state index is 15.0. The third kappa shape index (κ3) is 4.51. The van der Waals surface area contributed by atoms with Gasteiger partial charge >= 0.3 is 0 Å². The highest BCUT2D eigenvalue weighted by molar-refractivity contribution is 5.95. The minimum absolute atomic E-state index is 0.0581. The third-order valence-electron chi connectivity index (χ3n) is 7.75. The Morgan fingerprint density at radius 3 is 2.92 bits per heavy atom. The highest BCUT2D eigenvalue weighted by atomic mass is 19.1. The molecule has 3 aromatic rings. The van der Waals surface area contributed by atoms with Gasteiger partial charge in [0, 0.05) is 30.8 Å². The number of hydrogen-bond acceptors (Lipinski definition) is 6. The van der Waals surface area contributed by atoms with Gasteiger partial charge in [-0.3, -0.25) is 14.3 Å². The van der Waals surface area contributed by atoms with Crippen LogP contribution in [0.2, 0.25) is 0 Å². The van der Waals surface area contributed by atoms with Crippen LogP contribution in [0.5, 0.6) is 0 Å². The van der Waals surface area contributed by atoms with E-state index in [-0.39, 0.29) is 24.3 Å². The maximum absolute atomic E-state index is 15.0. The average Bonchev–Trinajstić information content (AvgIpc) is 3.72. The monoisotopic (exact) mass is 502 g/mol. The van der Waals surface area contributed by atoms with Crippen LogP contribution in [0, 0.1) is 23.1 Å². The van der Waals surface area contributed by atoms with Crippen molar-refractivity contribution >= 4 is 11.8 Å². The van der Waals surface area contributed by atoms with E-state index in [9.17, 15) is 14.9 Å². The molecule has 0 unspecified atom stereocenters. The summed E-state index contributed by atoms with van der Waals surface area (Å²) in [6.45, 7) is 1.65. The molecule has 4 heterocycles. The number of amides is 2. The van der Waals surface area contributed by atoms with E-state index in [1.165, 1.54) is 12.3 Å². The summed E-state index contributed by atoms with van der Waals surface area (Å²) in [7, 11) is 0. The number of carbonyl (C=O) groups is 2. The van der Waals surface area contributed by atoms with Crippen molar-refractivity contribution in [2.24, 2.45) is 5.92 Å². The van der Waals surface area contributed by atoms with E-state index < -0.39 is 11.9 Å². The van der Waals surface area contributed by atoms with Crippen LogP contribution in [0.3, 0.4) is 0 Å². The largest absolute Gasteiger partial charge is 0.464 e. The Kier molecular flexibility index (Phi) is 6.00. The molecule has 4 atom stereocenters. The first-order chi connectivity index (χ1) is 18.0. The summed E-state index contributed by atoms with van der Waals surface area (Å²) in [6, 6.07) is 9.48. The van der Waals surface area contributed by atoms with E-state index in [1.807, 2.05) is 10.7 Å². The van der Waals surface area contributed by atoms with Crippen molar-refractivity contribution in [3.63, 3.8) is 0 Å². The topological polar surface area (TPSA) is 116 Å². The van der Waals surface area contributed by atoms with E-state index >= 15 is 4.39 Å². The van der Waals surface area contributed by atoms with Gasteiger partial charge in [0.1, 0.15) is 23.9 Å². The third-order valence-corrected chi connectivity index (χ3v) is 7.75. The highest BCUT2D eigenvalue weighted by Crippen LogP contribution is 2.35. The number of furan rings is 1. The summed E-state index contributed by atoms with van der Waals surface area (Å²) in [5.41, 5.74) is 2.18. The van der Waals surface area contributed by atoms with Crippen LogP contribution in [-0.4, -0.2) is 51.2 Å². The van der Waals surface area contributed by atoms with Crippen molar-refractivity contribution in [2.45, 2.75) is 56.9 Å². The Morgan fingerprint density at radius 2 is 2.16 bits per heavy atom. The molecule has 2 aliphatic heterocycles. The second-order valence-electron chi connectivity index (χ2n) is 10.1. The van der Waals surface area contributed by atoms with Gasteiger partial charge in [0.15, 0.2) is 0 Å². The van der Waals surface area contributed by atoms with Gasteiger partial charge in [-0.2, -0.15) is 10.4 Å². The first-order valence-electron chi connectivity index (χ1n) is 12.6. The van der Waals surface area contributed by atoms with E-state index in [2.05, 4.69) is 21.8 Å². The van der Waals surface area contributed by atoms with Gasteiger partial charge in [-0.15, -0.1) is 0 Å². The molecule has 37 heavy (non-hydrogen) atoms. The number of nitrogens with one attached hydrogen (secondary N) is 2. The standard InChI is InChI=1S/C27H27FN6O3/c28-23-11-17(24-12-19(15-37-24)27(36)33-7-8-34-22(14-33)5-6-30-34)2-1-16(23)9-21(13-29)32-26(35)25-18-3-4-20(10-18)31-25/h1-2,5-6,11-12,15,18,20-21,25,31H,3-4,7-10,14H2,(H,32,35)/t18-,20+,21-,25-/m0/s1. The second kappa shape index (κ2) is 9.48. The van der Waals surface area contributed by atoms with E-state index in [1.54, 1.807) is 29.3 Å². The molecule has 2 aromatic heterocycles. The van der Waals surface area contributed by atoms with Crippen LogP contribution < -0.4 is 10.6 Å². The number of aromatic nitrogens is 2. The minimum Gasteiger partial charge on any atom is -0.464 e. The summed E-state index contributed by atoms with van der Waals surface area (Å²) in [6.07, 6.45) is 6.27. The number of carbonyl (C=O) groups excluding carboxylic acids is 2. The Balaban J connectivity index is 1.10. The molecular weight excluding hydrogens is 475 g/mol. The van der Waals surface area contributed by atoms with Crippen LogP contribution in [0.25, 0.3) is 11.3 Å². The van der Waals surface area contributed by atoms with Crippen LogP contribution in [0.1, 0.15) is 40.9 Å². The lowest BCUT2D eigenvalue weighted by atomic mass is 9.98. The molecule has 2 amide bonds. The predicted molar refractivity (Wildman–Crippen MR) is 130 cm³/mol. The number of piperidine rings is 1. The minimum atomic E-state index is -0.831. The Morgan fingerprint density at radius 1 is 1.27 bits per heavy atom. The van der Waals surface area contributed by atoms with Crippen LogP contribution in [-0.2, 0) is 24.3 Å². The molecular formula is C27H27FN6O3. The molecule has 0 spiro atoms. The SMILES string of the molecule is N#C[C@H](Cc1ccc(-c2cc(C(=O)N3CCn4nccc4C3)co2)cc1F)NC(=O)[C@H]1N[C@@H]2CC[C@H]1C2. The van der Waals surface area contributed by atoms with Gasteiger partial charge in [-0.1, -0.05) is 12.1 Å². The van der Waals surface area contributed by atoms with Gasteiger partial charge in [0.2, 0.25) is 5.91 Å². The lowest BCUT2D eigenvalue weighted by molar-refractivity contribution is -0.124. The molecule has 1 aromatic carbocycles. The summed E-state index contributed by atoms with van der Waals surface area (Å²) in [5, 5.41) is 19.9. The Hall–Kier alpha value is -3.97. The fourth-order valence-corrected chi connectivity index (χ4v) is 5.77. The molecule has 6 rings (SSSR count). The molecule has 1 saturated heterocycles. The zero-order valence-corrected chi connectivity index (χ0v) is 20.2.